The third kappa shape index (κ3) is 5.52. The molecular formula is C20H20N4O4S. The van der Waals surface area contributed by atoms with Crippen LogP contribution in [0.15, 0.2) is 71.9 Å². The van der Waals surface area contributed by atoms with Gasteiger partial charge in [-0.05, 0) is 54.6 Å². The number of methoxy groups -OCH3 is 1. The van der Waals surface area contributed by atoms with Gasteiger partial charge in [0, 0.05) is 30.2 Å². The van der Waals surface area contributed by atoms with Gasteiger partial charge in [-0.1, -0.05) is 0 Å². The number of anilines is 2. The number of nitrogens with zero attached hydrogens (tertiary/aromatic N) is 2. The SMILES string of the molecule is COc1ccc(S(=O)(=O)CCNC(=O)c2ccc(Nc3ncccn3)cc2)cc1. The van der Waals surface area contributed by atoms with Gasteiger partial charge in [0.25, 0.3) is 5.91 Å². The summed E-state index contributed by atoms with van der Waals surface area (Å²) in [5.41, 5.74) is 1.15. The van der Waals surface area contributed by atoms with E-state index in [0.29, 0.717) is 17.3 Å². The molecule has 3 aromatic rings. The molecule has 1 amide bonds. The normalized spacial score (nSPS) is 10.9. The predicted molar refractivity (Wildman–Crippen MR) is 109 cm³/mol. The second kappa shape index (κ2) is 9.16. The van der Waals surface area contributed by atoms with Crippen molar-refractivity contribution in [3.05, 3.63) is 72.6 Å². The first-order chi connectivity index (χ1) is 14.0. The highest BCUT2D eigenvalue weighted by molar-refractivity contribution is 7.91. The molecule has 0 unspecified atom stereocenters. The highest BCUT2D eigenvalue weighted by Gasteiger charge is 2.15. The van der Waals surface area contributed by atoms with Crippen LogP contribution in [-0.2, 0) is 9.84 Å². The lowest BCUT2D eigenvalue weighted by molar-refractivity contribution is 0.0956. The van der Waals surface area contributed by atoms with Gasteiger partial charge in [0.1, 0.15) is 5.75 Å². The van der Waals surface area contributed by atoms with E-state index >= 15 is 0 Å². The van der Waals surface area contributed by atoms with Crippen LogP contribution in [0.4, 0.5) is 11.6 Å². The number of hydrogen-bond donors (Lipinski definition) is 2. The first-order valence-corrected chi connectivity index (χ1v) is 10.4. The molecule has 0 fully saturated rings. The number of ether oxygens (including phenoxy) is 1. The van der Waals surface area contributed by atoms with E-state index in [9.17, 15) is 13.2 Å². The smallest absolute Gasteiger partial charge is 0.251 e. The third-order valence-corrected chi connectivity index (χ3v) is 5.78. The van der Waals surface area contributed by atoms with Crippen molar-refractivity contribution in [1.29, 1.82) is 0 Å². The Hall–Kier alpha value is -3.46. The summed E-state index contributed by atoms with van der Waals surface area (Å²) in [5, 5.41) is 5.65. The van der Waals surface area contributed by atoms with E-state index in [-0.39, 0.29) is 23.1 Å². The fourth-order valence-corrected chi connectivity index (χ4v) is 3.66. The Morgan fingerprint density at radius 1 is 1.00 bits per heavy atom. The maximum absolute atomic E-state index is 12.4. The highest BCUT2D eigenvalue weighted by atomic mass is 32.2. The Balaban J connectivity index is 1.53. The number of sulfone groups is 1. The lowest BCUT2D eigenvalue weighted by atomic mass is 10.2. The van der Waals surface area contributed by atoms with Gasteiger partial charge in [0.2, 0.25) is 5.95 Å². The molecular weight excluding hydrogens is 392 g/mol. The van der Waals surface area contributed by atoms with E-state index in [1.165, 1.54) is 19.2 Å². The lowest BCUT2D eigenvalue weighted by Gasteiger charge is -2.08. The second-order valence-electron chi connectivity index (χ2n) is 6.03. The summed E-state index contributed by atoms with van der Waals surface area (Å²) < 4.78 is 29.7. The maximum atomic E-state index is 12.4. The van der Waals surface area contributed by atoms with Gasteiger partial charge in [-0.25, -0.2) is 18.4 Å². The van der Waals surface area contributed by atoms with Crippen LogP contribution >= 0.6 is 0 Å². The molecule has 0 aliphatic heterocycles. The lowest BCUT2D eigenvalue weighted by Crippen LogP contribution is -2.29. The van der Waals surface area contributed by atoms with E-state index in [1.54, 1.807) is 54.9 Å². The molecule has 3 rings (SSSR count). The molecule has 1 heterocycles. The fraction of sp³-hybridized carbons (Fsp3) is 0.150. The Morgan fingerprint density at radius 2 is 1.66 bits per heavy atom. The zero-order valence-electron chi connectivity index (χ0n) is 15.7. The number of benzene rings is 2. The quantitative estimate of drug-likeness (QED) is 0.585. The van der Waals surface area contributed by atoms with E-state index in [2.05, 4.69) is 20.6 Å². The van der Waals surface area contributed by atoms with Crippen molar-refractivity contribution >= 4 is 27.4 Å². The minimum Gasteiger partial charge on any atom is -0.497 e. The molecule has 0 spiro atoms. The van der Waals surface area contributed by atoms with Gasteiger partial charge in [0.05, 0.1) is 17.8 Å². The molecule has 2 N–H and O–H groups in total. The summed E-state index contributed by atoms with van der Waals surface area (Å²) in [6, 6.07) is 14.6. The predicted octanol–water partition coefficient (Wildman–Crippen LogP) is 2.43. The average molecular weight is 412 g/mol. The molecule has 8 nitrogen and oxygen atoms in total. The van der Waals surface area contributed by atoms with Crippen LogP contribution in [0.3, 0.4) is 0 Å². The van der Waals surface area contributed by atoms with Crippen LogP contribution in [-0.4, -0.2) is 43.7 Å². The Bertz CT molecular complexity index is 1050. The van der Waals surface area contributed by atoms with E-state index in [4.69, 9.17) is 4.74 Å². The first-order valence-electron chi connectivity index (χ1n) is 8.77. The van der Waals surface area contributed by atoms with Gasteiger partial charge in [0.15, 0.2) is 9.84 Å². The Labute approximate surface area is 168 Å². The molecule has 150 valence electrons. The van der Waals surface area contributed by atoms with Crippen molar-refractivity contribution in [1.82, 2.24) is 15.3 Å². The van der Waals surface area contributed by atoms with Crippen molar-refractivity contribution in [3.8, 4) is 5.75 Å². The standard InChI is InChI=1S/C20H20N4O4S/c1-28-17-7-9-18(10-8-17)29(26,27)14-13-21-19(25)15-3-5-16(6-4-15)24-20-22-11-2-12-23-20/h2-12H,13-14H2,1H3,(H,21,25)(H,22,23,24). The number of aromatic nitrogens is 2. The fourth-order valence-electron chi connectivity index (χ4n) is 2.50. The molecule has 0 atom stereocenters. The maximum Gasteiger partial charge on any atom is 0.251 e. The summed E-state index contributed by atoms with van der Waals surface area (Å²) in [6.07, 6.45) is 3.24. The largest absolute Gasteiger partial charge is 0.497 e. The number of hydrogen-bond acceptors (Lipinski definition) is 7. The molecule has 1 aromatic heterocycles. The van der Waals surface area contributed by atoms with Gasteiger partial charge in [-0.2, -0.15) is 0 Å². The van der Waals surface area contributed by atoms with E-state index in [0.717, 1.165) is 5.69 Å². The van der Waals surface area contributed by atoms with E-state index < -0.39 is 9.84 Å². The van der Waals surface area contributed by atoms with Crippen molar-refractivity contribution in [2.75, 3.05) is 24.7 Å². The van der Waals surface area contributed by atoms with Crippen molar-refractivity contribution in [2.24, 2.45) is 0 Å². The minimum absolute atomic E-state index is 0.00501. The molecule has 0 saturated heterocycles. The monoisotopic (exact) mass is 412 g/mol. The summed E-state index contributed by atoms with van der Waals surface area (Å²) in [5.74, 6) is 0.482. The number of nitrogens with one attached hydrogen (secondary N) is 2. The zero-order valence-corrected chi connectivity index (χ0v) is 16.5. The van der Waals surface area contributed by atoms with E-state index in [1.807, 2.05) is 0 Å². The Morgan fingerprint density at radius 3 is 2.28 bits per heavy atom. The minimum atomic E-state index is -3.50. The molecule has 29 heavy (non-hydrogen) atoms. The van der Waals surface area contributed by atoms with Gasteiger partial charge < -0.3 is 15.4 Å². The van der Waals surface area contributed by atoms with Crippen LogP contribution in [0.2, 0.25) is 0 Å². The zero-order chi connectivity index (χ0) is 20.7. The molecule has 0 radical (unpaired) electrons. The summed E-state index contributed by atoms with van der Waals surface area (Å²) >= 11 is 0. The van der Waals surface area contributed by atoms with Crippen molar-refractivity contribution < 1.29 is 17.9 Å². The third-order valence-electron chi connectivity index (χ3n) is 4.04. The number of carbonyl (C=O) groups is 1. The van der Waals surface area contributed by atoms with Crippen LogP contribution < -0.4 is 15.4 Å². The van der Waals surface area contributed by atoms with Gasteiger partial charge >= 0.3 is 0 Å². The van der Waals surface area contributed by atoms with Crippen LogP contribution in [0, 0.1) is 0 Å². The number of carbonyl (C=O) groups excluding carboxylic acids is 1. The summed E-state index contributed by atoms with van der Waals surface area (Å²) in [4.78, 5) is 20.6. The van der Waals surface area contributed by atoms with Crippen LogP contribution in [0.1, 0.15) is 10.4 Å². The molecule has 0 aliphatic carbocycles. The number of amides is 1. The van der Waals surface area contributed by atoms with Gasteiger partial charge in [-0.3, -0.25) is 4.79 Å². The topological polar surface area (TPSA) is 110 Å². The molecule has 0 bridgehead atoms. The molecule has 9 heteroatoms. The highest BCUT2D eigenvalue weighted by Crippen LogP contribution is 2.17. The molecule has 2 aromatic carbocycles. The van der Waals surface area contributed by atoms with Crippen molar-refractivity contribution in [3.63, 3.8) is 0 Å². The van der Waals surface area contributed by atoms with Crippen LogP contribution in [0.5, 0.6) is 5.75 Å². The average Bonchev–Trinajstić information content (AvgIpc) is 2.75. The van der Waals surface area contributed by atoms with Crippen LogP contribution in [0.25, 0.3) is 0 Å². The molecule has 0 saturated carbocycles. The molecule has 0 aliphatic rings. The first kappa shape index (κ1) is 20.3. The Kier molecular flexibility index (Phi) is 6.40. The van der Waals surface area contributed by atoms with Gasteiger partial charge in [-0.15, -0.1) is 0 Å². The second-order valence-corrected chi connectivity index (χ2v) is 8.13. The summed E-state index contributed by atoms with van der Waals surface area (Å²) in [7, 11) is -1.99. The number of rotatable bonds is 8. The summed E-state index contributed by atoms with van der Waals surface area (Å²) in [6.45, 7) is 0.00501. The van der Waals surface area contributed by atoms with Crippen molar-refractivity contribution in [2.45, 2.75) is 4.90 Å².